The number of benzene rings is 1. The number of carbonyl (C=O) groups is 1. The highest BCUT2D eigenvalue weighted by Gasteiger charge is 2.25. The number of aromatic nitrogens is 5. The van der Waals surface area contributed by atoms with Crippen LogP contribution in [0.5, 0.6) is 0 Å². The van der Waals surface area contributed by atoms with E-state index in [1.807, 2.05) is 29.2 Å². The molecule has 128 valence electrons. The van der Waals surface area contributed by atoms with Gasteiger partial charge in [0.2, 0.25) is 0 Å². The molecule has 4 rings (SSSR count). The fourth-order valence-corrected chi connectivity index (χ4v) is 3.40. The maximum atomic E-state index is 12.6. The Balaban J connectivity index is 1.50. The number of piperazine rings is 1. The first-order chi connectivity index (χ1) is 12.1. The Kier molecular flexibility index (Phi) is 4.08. The number of hydrogen-bond acceptors (Lipinski definition) is 6. The van der Waals surface area contributed by atoms with E-state index in [9.17, 15) is 4.79 Å². The topological polar surface area (TPSA) is 80.0 Å². The number of hydrogen-bond donors (Lipinski definition) is 0. The van der Waals surface area contributed by atoms with Crippen molar-refractivity contribution in [2.24, 2.45) is 7.05 Å². The fourth-order valence-electron chi connectivity index (χ4n) is 3.00. The van der Waals surface area contributed by atoms with Crippen LogP contribution in [0.15, 0.2) is 35.1 Å². The van der Waals surface area contributed by atoms with Gasteiger partial charge in [0.05, 0.1) is 0 Å². The molecule has 0 unspecified atom stereocenters. The van der Waals surface area contributed by atoms with Crippen LogP contribution >= 0.6 is 15.9 Å². The fraction of sp³-hybridized carbons (Fsp3) is 0.312. The Morgan fingerprint density at radius 1 is 1.16 bits per heavy atom. The van der Waals surface area contributed by atoms with Crippen LogP contribution in [-0.2, 0) is 7.05 Å². The average molecular weight is 402 g/mol. The van der Waals surface area contributed by atoms with Crippen LogP contribution in [0.3, 0.4) is 0 Å². The smallest absolute Gasteiger partial charge is 0.254 e. The Bertz CT molecular complexity index is 933. The van der Waals surface area contributed by atoms with Crippen molar-refractivity contribution >= 4 is 38.8 Å². The predicted octanol–water partition coefficient (Wildman–Crippen LogP) is 1.48. The lowest BCUT2D eigenvalue weighted by molar-refractivity contribution is 0.0746. The molecule has 0 saturated carbocycles. The summed E-state index contributed by atoms with van der Waals surface area (Å²) in [5.41, 5.74) is 2.09. The number of anilines is 1. The van der Waals surface area contributed by atoms with E-state index >= 15 is 0 Å². The first-order valence-electron chi connectivity index (χ1n) is 7.93. The van der Waals surface area contributed by atoms with E-state index < -0.39 is 0 Å². The van der Waals surface area contributed by atoms with Crippen molar-refractivity contribution in [1.82, 2.24) is 29.9 Å². The molecule has 0 bridgehead atoms. The van der Waals surface area contributed by atoms with Gasteiger partial charge in [0, 0.05) is 43.3 Å². The number of carbonyl (C=O) groups excluding carboxylic acids is 1. The van der Waals surface area contributed by atoms with Gasteiger partial charge >= 0.3 is 0 Å². The first kappa shape index (κ1) is 15.9. The van der Waals surface area contributed by atoms with E-state index in [0.29, 0.717) is 42.9 Å². The van der Waals surface area contributed by atoms with Gasteiger partial charge in [-0.15, -0.1) is 5.10 Å². The second-order valence-corrected chi connectivity index (χ2v) is 6.79. The van der Waals surface area contributed by atoms with Crippen LogP contribution in [0, 0.1) is 0 Å². The lowest BCUT2D eigenvalue weighted by atomic mass is 10.2. The van der Waals surface area contributed by atoms with Crippen molar-refractivity contribution in [3.8, 4) is 0 Å². The van der Waals surface area contributed by atoms with Gasteiger partial charge in [-0.1, -0.05) is 27.2 Å². The van der Waals surface area contributed by atoms with Crippen molar-refractivity contribution in [3.05, 3.63) is 40.6 Å². The third kappa shape index (κ3) is 2.95. The van der Waals surface area contributed by atoms with Gasteiger partial charge in [0.1, 0.15) is 6.33 Å². The molecule has 3 aromatic rings. The van der Waals surface area contributed by atoms with Crippen LogP contribution in [0.4, 0.5) is 5.82 Å². The highest BCUT2D eigenvalue weighted by atomic mass is 79.9. The molecule has 8 nitrogen and oxygen atoms in total. The molecule has 1 aliphatic rings. The summed E-state index contributed by atoms with van der Waals surface area (Å²) in [6.45, 7) is 2.67. The van der Waals surface area contributed by atoms with E-state index in [1.54, 1.807) is 11.7 Å². The van der Waals surface area contributed by atoms with E-state index in [4.69, 9.17) is 0 Å². The predicted molar refractivity (Wildman–Crippen MR) is 96.4 cm³/mol. The molecule has 1 saturated heterocycles. The summed E-state index contributed by atoms with van der Waals surface area (Å²) in [7, 11) is 1.81. The summed E-state index contributed by atoms with van der Waals surface area (Å²) in [6.07, 6.45) is 1.53. The molecular formula is C16H16BrN7O. The monoisotopic (exact) mass is 401 g/mol. The van der Waals surface area contributed by atoms with Crippen molar-refractivity contribution < 1.29 is 4.79 Å². The van der Waals surface area contributed by atoms with Crippen molar-refractivity contribution in [1.29, 1.82) is 0 Å². The van der Waals surface area contributed by atoms with E-state index in [-0.39, 0.29) is 5.91 Å². The number of nitrogens with zero attached hydrogens (tertiary/aromatic N) is 7. The second kappa shape index (κ2) is 6.40. The summed E-state index contributed by atoms with van der Waals surface area (Å²) in [5.74, 6) is 0.820. The van der Waals surface area contributed by atoms with E-state index in [2.05, 4.69) is 41.1 Å². The van der Waals surface area contributed by atoms with Crippen LogP contribution < -0.4 is 4.90 Å². The molecule has 1 aromatic carbocycles. The summed E-state index contributed by atoms with van der Waals surface area (Å²) >= 11 is 3.41. The zero-order valence-electron chi connectivity index (χ0n) is 13.6. The molecule has 3 heterocycles. The SMILES string of the molecule is Cn1nnc2c(N3CCN(C(=O)c4cccc(Br)c4)CC3)ncnc21. The summed E-state index contributed by atoms with van der Waals surface area (Å²) in [4.78, 5) is 25.2. The van der Waals surface area contributed by atoms with Crippen molar-refractivity contribution in [2.75, 3.05) is 31.1 Å². The standard InChI is InChI=1S/C16H16BrN7O/c1-22-14-13(20-21-22)15(19-10-18-14)23-5-7-24(8-6-23)16(25)11-3-2-4-12(17)9-11/h2-4,9-10H,5-8H2,1H3. The molecule has 0 radical (unpaired) electrons. The average Bonchev–Trinajstić information content (AvgIpc) is 3.03. The van der Waals surface area contributed by atoms with E-state index in [0.717, 1.165) is 10.3 Å². The zero-order valence-corrected chi connectivity index (χ0v) is 15.2. The molecule has 2 aromatic heterocycles. The summed E-state index contributed by atoms with van der Waals surface area (Å²) in [6, 6.07) is 7.48. The third-order valence-corrected chi connectivity index (χ3v) is 4.80. The van der Waals surface area contributed by atoms with Gasteiger partial charge < -0.3 is 9.80 Å². The molecular weight excluding hydrogens is 386 g/mol. The zero-order chi connectivity index (χ0) is 17.4. The minimum Gasteiger partial charge on any atom is -0.351 e. The van der Waals surface area contributed by atoms with Crippen LogP contribution in [0.25, 0.3) is 11.2 Å². The second-order valence-electron chi connectivity index (χ2n) is 5.87. The summed E-state index contributed by atoms with van der Waals surface area (Å²) in [5, 5.41) is 8.18. The van der Waals surface area contributed by atoms with Gasteiger partial charge in [-0.05, 0) is 18.2 Å². The summed E-state index contributed by atoms with van der Waals surface area (Å²) < 4.78 is 2.54. The first-order valence-corrected chi connectivity index (χ1v) is 8.73. The van der Waals surface area contributed by atoms with Gasteiger partial charge in [-0.2, -0.15) is 0 Å². The molecule has 0 N–H and O–H groups in total. The molecule has 0 atom stereocenters. The molecule has 1 fully saturated rings. The molecule has 1 aliphatic heterocycles. The maximum Gasteiger partial charge on any atom is 0.254 e. The molecule has 0 aliphatic carbocycles. The van der Waals surface area contributed by atoms with Gasteiger partial charge in [0.25, 0.3) is 5.91 Å². The molecule has 0 spiro atoms. The normalized spacial score (nSPS) is 15.0. The highest BCUT2D eigenvalue weighted by Crippen LogP contribution is 2.22. The number of aryl methyl sites for hydroxylation is 1. The van der Waals surface area contributed by atoms with Crippen LogP contribution in [0.1, 0.15) is 10.4 Å². The van der Waals surface area contributed by atoms with E-state index in [1.165, 1.54) is 6.33 Å². The van der Waals surface area contributed by atoms with Crippen molar-refractivity contribution in [2.45, 2.75) is 0 Å². The lowest BCUT2D eigenvalue weighted by Crippen LogP contribution is -2.49. The Hall–Kier alpha value is -2.55. The van der Waals surface area contributed by atoms with Gasteiger partial charge in [-0.25, -0.2) is 14.6 Å². The number of fused-ring (bicyclic) bond motifs is 1. The van der Waals surface area contributed by atoms with Crippen LogP contribution in [0.2, 0.25) is 0 Å². The van der Waals surface area contributed by atoms with Crippen molar-refractivity contribution in [3.63, 3.8) is 0 Å². The largest absolute Gasteiger partial charge is 0.351 e. The molecule has 25 heavy (non-hydrogen) atoms. The van der Waals surface area contributed by atoms with Gasteiger partial charge in [0.15, 0.2) is 17.0 Å². The Labute approximate surface area is 152 Å². The number of amides is 1. The third-order valence-electron chi connectivity index (χ3n) is 4.31. The molecule has 9 heteroatoms. The maximum absolute atomic E-state index is 12.6. The quantitative estimate of drug-likeness (QED) is 0.646. The highest BCUT2D eigenvalue weighted by molar-refractivity contribution is 9.10. The minimum absolute atomic E-state index is 0.0493. The Morgan fingerprint density at radius 2 is 1.96 bits per heavy atom. The molecule has 1 amide bonds. The number of rotatable bonds is 2. The van der Waals surface area contributed by atoms with Gasteiger partial charge in [-0.3, -0.25) is 4.79 Å². The minimum atomic E-state index is 0.0493. The number of halogens is 1. The lowest BCUT2D eigenvalue weighted by Gasteiger charge is -2.35. The van der Waals surface area contributed by atoms with Crippen LogP contribution in [-0.4, -0.2) is 61.9 Å². The Morgan fingerprint density at radius 3 is 2.72 bits per heavy atom.